The molecule has 3 aromatic carbocycles. The molecule has 130 valence electrons. The summed E-state index contributed by atoms with van der Waals surface area (Å²) in [6.07, 6.45) is 0. The molecule has 0 aliphatic carbocycles. The minimum atomic E-state index is -0.560. The zero-order valence-electron chi connectivity index (χ0n) is 13.5. The van der Waals surface area contributed by atoms with Gasteiger partial charge in [-0.1, -0.05) is 35.3 Å². The molecule has 0 fully saturated rings. The van der Waals surface area contributed by atoms with Gasteiger partial charge < -0.3 is 10.3 Å². The molecule has 1 heterocycles. The van der Waals surface area contributed by atoms with E-state index in [-0.39, 0.29) is 5.82 Å². The summed E-state index contributed by atoms with van der Waals surface area (Å²) in [6, 6.07) is 15.1. The van der Waals surface area contributed by atoms with Crippen LogP contribution in [0.2, 0.25) is 10.0 Å². The summed E-state index contributed by atoms with van der Waals surface area (Å²) in [5, 5.41) is 2.33. The Kier molecular flexibility index (Phi) is 4.10. The van der Waals surface area contributed by atoms with Gasteiger partial charge in [0.15, 0.2) is 0 Å². The zero-order valence-corrected chi connectivity index (χ0v) is 15.0. The molecule has 4 aromatic rings. The lowest BCUT2D eigenvalue weighted by atomic mass is 10.1. The number of nitrogens with two attached hydrogens (primary N) is 1. The molecule has 26 heavy (non-hydrogen) atoms. The highest BCUT2D eigenvalue weighted by molar-refractivity contribution is 6.36. The Balaban J connectivity index is 2.08. The fourth-order valence-corrected chi connectivity index (χ4v) is 3.86. The number of amides is 1. The number of benzene rings is 3. The molecule has 3 nitrogen and oxygen atoms in total. The van der Waals surface area contributed by atoms with Gasteiger partial charge in [-0.3, -0.25) is 4.79 Å². The monoisotopic (exact) mass is 386 g/mol. The average molecular weight is 387 g/mol. The Morgan fingerprint density at radius 1 is 1.00 bits per heavy atom. The second-order valence-electron chi connectivity index (χ2n) is 6.01. The molecular formula is C20H13Cl2FN2O. The Morgan fingerprint density at radius 2 is 1.69 bits per heavy atom. The van der Waals surface area contributed by atoms with Crippen LogP contribution in [0.5, 0.6) is 0 Å². The molecule has 4 rings (SSSR count). The van der Waals surface area contributed by atoms with Crippen molar-refractivity contribution in [3.63, 3.8) is 0 Å². The van der Waals surface area contributed by atoms with Crippen molar-refractivity contribution >= 4 is 50.9 Å². The summed E-state index contributed by atoms with van der Waals surface area (Å²) in [4.78, 5) is 11.9. The van der Waals surface area contributed by atoms with Crippen molar-refractivity contribution in [1.82, 2.24) is 4.57 Å². The lowest BCUT2D eigenvalue weighted by Crippen LogP contribution is -2.11. The number of carbonyl (C=O) groups is 1. The predicted molar refractivity (Wildman–Crippen MR) is 103 cm³/mol. The first-order chi connectivity index (χ1) is 12.5. The average Bonchev–Trinajstić information content (AvgIpc) is 2.91. The molecule has 0 atom stereocenters. The number of nitrogens with zero attached hydrogens (tertiary/aromatic N) is 1. The van der Waals surface area contributed by atoms with Crippen molar-refractivity contribution in [1.29, 1.82) is 0 Å². The van der Waals surface area contributed by atoms with Crippen LogP contribution in [0.25, 0.3) is 21.8 Å². The van der Waals surface area contributed by atoms with Crippen molar-refractivity contribution in [3.8, 4) is 0 Å². The Bertz CT molecular complexity index is 1160. The van der Waals surface area contributed by atoms with Gasteiger partial charge in [-0.05, 0) is 42.5 Å². The van der Waals surface area contributed by atoms with E-state index in [1.165, 1.54) is 12.1 Å². The van der Waals surface area contributed by atoms with E-state index < -0.39 is 5.91 Å². The summed E-state index contributed by atoms with van der Waals surface area (Å²) in [5.74, 6) is -0.943. The normalized spacial score (nSPS) is 11.3. The van der Waals surface area contributed by atoms with Gasteiger partial charge in [-0.15, -0.1) is 0 Å². The molecule has 0 aliphatic heterocycles. The maximum atomic E-state index is 13.9. The van der Waals surface area contributed by atoms with E-state index in [0.29, 0.717) is 32.9 Å². The van der Waals surface area contributed by atoms with Crippen LogP contribution in [-0.4, -0.2) is 10.5 Å². The molecule has 0 unspecified atom stereocenters. The minimum Gasteiger partial charge on any atom is -0.366 e. The second-order valence-corrected chi connectivity index (χ2v) is 6.83. The predicted octanol–water partition coefficient (Wildman–Crippen LogP) is 5.39. The topological polar surface area (TPSA) is 48.0 Å². The SMILES string of the molecule is NC(=O)c1cccc2c1c1cc(F)ccc1n2Cc1c(Cl)cccc1Cl. The summed E-state index contributed by atoms with van der Waals surface area (Å²) >= 11 is 12.6. The molecule has 0 bridgehead atoms. The van der Waals surface area contributed by atoms with Gasteiger partial charge in [0.1, 0.15) is 5.82 Å². The van der Waals surface area contributed by atoms with Crippen LogP contribution < -0.4 is 5.73 Å². The number of carbonyl (C=O) groups excluding carboxylic acids is 1. The number of rotatable bonds is 3. The highest BCUT2D eigenvalue weighted by atomic mass is 35.5. The zero-order chi connectivity index (χ0) is 18.4. The van der Waals surface area contributed by atoms with Crippen molar-refractivity contribution in [3.05, 3.63) is 81.6 Å². The van der Waals surface area contributed by atoms with Crippen molar-refractivity contribution in [2.24, 2.45) is 5.73 Å². The maximum Gasteiger partial charge on any atom is 0.249 e. The number of halogens is 3. The Labute approximate surface area is 158 Å². The Morgan fingerprint density at radius 3 is 2.38 bits per heavy atom. The fraction of sp³-hybridized carbons (Fsp3) is 0.0500. The van der Waals surface area contributed by atoms with Crippen LogP contribution >= 0.6 is 23.2 Å². The highest BCUT2D eigenvalue weighted by Gasteiger charge is 2.18. The smallest absolute Gasteiger partial charge is 0.249 e. The fourth-order valence-electron chi connectivity index (χ4n) is 3.34. The van der Waals surface area contributed by atoms with E-state index >= 15 is 0 Å². The summed E-state index contributed by atoms with van der Waals surface area (Å²) < 4.78 is 15.9. The molecule has 0 saturated heterocycles. The molecule has 0 aliphatic rings. The number of hydrogen-bond donors (Lipinski definition) is 1. The van der Waals surface area contributed by atoms with Crippen molar-refractivity contribution in [2.75, 3.05) is 0 Å². The molecule has 6 heteroatoms. The van der Waals surface area contributed by atoms with Gasteiger partial charge in [-0.25, -0.2) is 4.39 Å². The molecule has 2 N–H and O–H groups in total. The van der Waals surface area contributed by atoms with Crippen LogP contribution in [0.1, 0.15) is 15.9 Å². The largest absolute Gasteiger partial charge is 0.366 e. The number of hydrogen-bond acceptors (Lipinski definition) is 1. The van der Waals surface area contributed by atoms with E-state index in [9.17, 15) is 9.18 Å². The standard InChI is InChI=1S/C20H13Cl2FN2O/c21-15-4-2-5-16(22)14(15)10-25-17-8-7-11(23)9-13(17)19-12(20(24)26)3-1-6-18(19)25/h1-9H,10H2,(H2,24,26). The van der Waals surface area contributed by atoms with Gasteiger partial charge in [0, 0.05) is 37.5 Å². The van der Waals surface area contributed by atoms with Crippen molar-refractivity contribution < 1.29 is 9.18 Å². The number of primary amides is 1. The summed E-state index contributed by atoms with van der Waals surface area (Å²) in [7, 11) is 0. The van der Waals surface area contributed by atoms with E-state index in [1.54, 1.807) is 36.4 Å². The molecule has 0 saturated carbocycles. The second kappa shape index (κ2) is 6.31. The van der Waals surface area contributed by atoms with Gasteiger partial charge in [-0.2, -0.15) is 0 Å². The summed E-state index contributed by atoms with van der Waals surface area (Å²) in [6.45, 7) is 0.381. The molecule has 1 amide bonds. The molecule has 0 radical (unpaired) electrons. The summed E-state index contributed by atoms with van der Waals surface area (Å²) in [5.41, 5.74) is 8.17. The van der Waals surface area contributed by atoms with Gasteiger partial charge in [0.2, 0.25) is 5.91 Å². The van der Waals surface area contributed by atoms with Gasteiger partial charge in [0.05, 0.1) is 12.1 Å². The Hall–Kier alpha value is -2.56. The third-order valence-electron chi connectivity index (χ3n) is 4.50. The van der Waals surface area contributed by atoms with Crippen LogP contribution in [0.4, 0.5) is 4.39 Å². The van der Waals surface area contributed by atoms with E-state index in [4.69, 9.17) is 28.9 Å². The van der Waals surface area contributed by atoms with Crippen molar-refractivity contribution in [2.45, 2.75) is 6.54 Å². The maximum absolute atomic E-state index is 13.9. The van der Waals surface area contributed by atoms with Crippen LogP contribution in [-0.2, 0) is 6.54 Å². The van der Waals surface area contributed by atoms with E-state index in [1.807, 2.05) is 10.6 Å². The number of fused-ring (bicyclic) bond motifs is 3. The molecule has 1 aromatic heterocycles. The lowest BCUT2D eigenvalue weighted by Gasteiger charge is -2.11. The molecular weight excluding hydrogens is 374 g/mol. The first-order valence-electron chi connectivity index (χ1n) is 7.90. The van der Waals surface area contributed by atoms with Crippen LogP contribution in [0.15, 0.2) is 54.6 Å². The molecule has 0 spiro atoms. The number of aromatic nitrogens is 1. The van der Waals surface area contributed by atoms with Gasteiger partial charge >= 0.3 is 0 Å². The first-order valence-corrected chi connectivity index (χ1v) is 8.66. The van der Waals surface area contributed by atoms with Crippen LogP contribution in [0.3, 0.4) is 0 Å². The van der Waals surface area contributed by atoms with E-state index in [0.717, 1.165) is 16.6 Å². The minimum absolute atomic E-state index is 0.349. The van der Waals surface area contributed by atoms with Crippen LogP contribution in [0, 0.1) is 5.82 Å². The third-order valence-corrected chi connectivity index (χ3v) is 5.20. The third kappa shape index (κ3) is 2.62. The van der Waals surface area contributed by atoms with E-state index in [2.05, 4.69) is 0 Å². The van der Waals surface area contributed by atoms with Gasteiger partial charge in [0.25, 0.3) is 0 Å². The highest BCUT2D eigenvalue weighted by Crippen LogP contribution is 2.34. The quantitative estimate of drug-likeness (QED) is 0.504. The first kappa shape index (κ1) is 16.9. The lowest BCUT2D eigenvalue weighted by molar-refractivity contribution is 0.100.